The lowest BCUT2D eigenvalue weighted by molar-refractivity contribution is -0.274. The van der Waals surface area contributed by atoms with E-state index in [0.29, 0.717) is 24.3 Å². The molecule has 4 rings (SSSR count). The van der Waals surface area contributed by atoms with E-state index in [2.05, 4.69) is 9.72 Å². The molecule has 3 heterocycles. The zero-order valence-corrected chi connectivity index (χ0v) is 17.2. The Balaban J connectivity index is 1.83. The average molecular weight is 417 g/mol. The second kappa shape index (κ2) is 7.43. The van der Waals surface area contributed by atoms with Crippen LogP contribution < -0.4 is 4.74 Å². The molecule has 0 radical (unpaired) electrons. The number of hydrogen-bond acceptors (Lipinski definition) is 4. The molecular weight excluding hydrogens is 395 g/mol. The number of pyridine rings is 1. The highest BCUT2D eigenvalue weighted by atomic mass is 19.4. The van der Waals surface area contributed by atoms with Gasteiger partial charge in [0.05, 0.1) is 29.8 Å². The summed E-state index contributed by atoms with van der Waals surface area (Å²) in [7, 11) is 0. The summed E-state index contributed by atoms with van der Waals surface area (Å²) < 4.78 is 49.6. The molecule has 1 unspecified atom stereocenters. The van der Waals surface area contributed by atoms with E-state index >= 15 is 0 Å². The number of rotatable bonds is 3. The van der Waals surface area contributed by atoms with Crippen LogP contribution in [0.2, 0.25) is 0 Å². The van der Waals surface area contributed by atoms with Crippen molar-refractivity contribution in [3.8, 4) is 22.7 Å². The quantitative estimate of drug-likeness (QED) is 0.586. The number of halogens is 3. The molecule has 0 fully saturated rings. The van der Waals surface area contributed by atoms with Crippen molar-refractivity contribution in [2.45, 2.75) is 53.2 Å². The van der Waals surface area contributed by atoms with Crippen LogP contribution in [0, 0.1) is 20.8 Å². The first kappa shape index (κ1) is 20.4. The van der Waals surface area contributed by atoms with Crippen LogP contribution in [0.5, 0.6) is 5.75 Å². The molecule has 0 saturated heterocycles. The minimum absolute atomic E-state index is 0.0237. The summed E-state index contributed by atoms with van der Waals surface area (Å²) in [5, 5.41) is 4.84. The molecule has 158 valence electrons. The summed E-state index contributed by atoms with van der Waals surface area (Å²) in [6, 6.07) is 8.53. The SMILES string of the molecule is Cc1cc(-c2nn(-c3ccc(OC(F)(F)F)c(C)c3)c3c2COC(C)C3)cc(C)n1. The van der Waals surface area contributed by atoms with Crippen LogP contribution >= 0.6 is 0 Å². The summed E-state index contributed by atoms with van der Waals surface area (Å²) in [4.78, 5) is 4.43. The lowest BCUT2D eigenvalue weighted by Crippen LogP contribution is -2.21. The van der Waals surface area contributed by atoms with Gasteiger partial charge in [0, 0.05) is 28.9 Å². The molecule has 3 aromatic rings. The second-order valence-electron chi connectivity index (χ2n) is 7.65. The molecular formula is C22H22F3N3O2. The number of aromatic nitrogens is 3. The van der Waals surface area contributed by atoms with Crippen LogP contribution in [-0.4, -0.2) is 27.2 Å². The van der Waals surface area contributed by atoms with E-state index in [-0.39, 0.29) is 11.9 Å². The molecule has 8 heteroatoms. The van der Waals surface area contributed by atoms with Gasteiger partial charge in [0.2, 0.25) is 0 Å². The van der Waals surface area contributed by atoms with Gasteiger partial charge >= 0.3 is 6.36 Å². The Labute approximate surface area is 172 Å². The van der Waals surface area contributed by atoms with Crippen LogP contribution in [0.15, 0.2) is 30.3 Å². The Morgan fingerprint density at radius 1 is 1.10 bits per heavy atom. The third-order valence-corrected chi connectivity index (χ3v) is 5.07. The number of benzene rings is 1. The molecule has 0 N–H and O–H groups in total. The van der Waals surface area contributed by atoms with Crippen LogP contribution in [0.3, 0.4) is 0 Å². The number of nitrogens with zero attached hydrogens (tertiary/aromatic N) is 3. The van der Waals surface area contributed by atoms with E-state index < -0.39 is 6.36 Å². The van der Waals surface area contributed by atoms with Crippen LogP contribution in [0.1, 0.15) is 35.1 Å². The smallest absolute Gasteiger partial charge is 0.406 e. The maximum atomic E-state index is 12.6. The van der Waals surface area contributed by atoms with Gasteiger partial charge in [0.1, 0.15) is 5.75 Å². The summed E-state index contributed by atoms with van der Waals surface area (Å²) >= 11 is 0. The van der Waals surface area contributed by atoms with Crippen LogP contribution in [0.4, 0.5) is 13.2 Å². The monoisotopic (exact) mass is 417 g/mol. The van der Waals surface area contributed by atoms with Crippen molar-refractivity contribution < 1.29 is 22.6 Å². The van der Waals surface area contributed by atoms with Gasteiger partial charge in [-0.15, -0.1) is 13.2 Å². The molecule has 1 aromatic carbocycles. The molecule has 0 amide bonds. The van der Waals surface area contributed by atoms with Crippen LogP contribution in [-0.2, 0) is 17.8 Å². The molecule has 0 saturated carbocycles. The third-order valence-electron chi connectivity index (χ3n) is 5.07. The molecule has 0 aliphatic carbocycles. The van der Waals surface area contributed by atoms with Crippen molar-refractivity contribution >= 4 is 0 Å². The van der Waals surface area contributed by atoms with E-state index in [1.807, 2.05) is 32.9 Å². The first-order valence-corrected chi connectivity index (χ1v) is 9.65. The number of alkyl halides is 3. The zero-order chi connectivity index (χ0) is 21.6. The summed E-state index contributed by atoms with van der Waals surface area (Å²) in [6.45, 7) is 7.87. The van der Waals surface area contributed by atoms with Crippen molar-refractivity contribution in [2.24, 2.45) is 0 Å². The fraction of sp³-hybridized carbons (Fsp3) is 0.364. The minimum atomic E-state index is -4.73. The minimum Gasteiger partial charge on any atom is -0.406 e. The highest BCUT2D eigenvalue weighted by Gasteiger charge is 2.32. The normalized spacial score (nSPS) is 16.4. The zero-order valence-electron chi connectivity index (χ0n) is 17.2. The molecule has 0 bridgehead atoms. The average Bonchev–Trinajstić information content (AvgIpc) is 3.00. The molecule has 30 heavy (non-hydrogen) atoms. The molecule has 1 aliphatic heterocycles. The molecule has 5 nitrogen and oxygen atoms in total. The van der Waals surface area contributed by atoms with Crippen molar-refractivity contribution in [3.05, 3.63) is 58.5 Å². The Morgan fingerprint density at radius 2 is 1.80 bits per heavy atom. The fourth-order valence-electron chi connectivity index (χ4n) is 3.82. The van der Waals surface area contributed by atoms with Gasteiger partial charge in [-0.3, -0.25) is 4.98 Å². The first-order valence-electron chi connectivity index (χ1n) is 9.65. The van der Waals surface area contributed by atoms with Crippen molar-refractivity contribution in [3.63, 3.8) is 0 Å². The summed E-state index contributed by atoms with van der Waals surface area (Å²) in [6.07, 6.45) is -4.05. The van der Waals surface area contributed by atoms with Gasteiger partial charge in [-0.05, 0) is 63.6 Å². The Kier molecular flexibility index (Phi) is 5.05. The highest BCUT2D eigenvalue weighted by molar-refractivity contribution is 5.66. The molecule has 1 atom stereocenters. The van der Waals surface area contributed by atoms with Gasteiger partial charge in [-0.1, -0.05) is 0 Å². The number of hydrogen-bond donors (Lipinski definition) is 0. The van der Waals surface area contributed by atoms with Crippen molar-refractivity contribution in [2.75, 3.05) is 0 Å². The molecule has 1 aliphatic rings. The number of aryl methyl sites for hydroxylation is 3. The molecule has 2 aromatic heterocycles. The standard InChI is InChI=1S/C22H22F3N3O2/c1-12-7-17(5-6-20(12)30-22(23,24)25)28-19-10-15(4)29-11-18(19)21(27-28)16-8-13(2)26-14(3)9-16/h5-9,15H,10-11H2,1-4H3. The van der Waals surface area contributed by atoms with Gasteiger partial charge < -0.3 is 9.47 Å². The van der Waals surface area contributed by atoms with E-state index in [1.165, 1.54) is 6.07 Å². The summed E-state index contributed by atoms with van der Waals surface area (Å²) in [5.74, 6) is -0.218. The maximum Gasteiger partial charge on any atom is 0.573 e. The lowest BCUT2D eigenvalue weighted by Gasteiger charge is -2.21. The number of ether oxygens (including phenoxy) is 2. The van der Waals surface area contributed by atoms with Gasteiger partial charge in [0.15, 0.2) is 0 Å². The first-order chi connectivity index (χ1) is 14.1. The van der Waals surface area contributed by atoms with E-state index in [4.69, 9.17) is 9.84 Å². The predicted octanol–water partition coefficient (Wildman–Crippen LogP) is 5.22. The third kappa shape index (κ3) is 4.05. The summed E-state index contributed by atoms with van der Waals surface area (Å²) in [5.41, 5.74) is 6.59. The molecule has 0 spiro atoms. The highest BCUT2D eigenvalue weighted by Crippen LogP contribution is 2.34. The van der Waals surface area contributed by atoms with Gasteiger partial charge in [0.25, 0.3) is 0 Å². The van der Waals surface area contributed by atoms with Gasteiger partial charge in [-0.25, -0.2) is 4.68 Å². The topological polar surface area (TPSA) is 49.2 Å². The maximum absolute atomic E-state index is 12.6. The lowest BCUT2D eigenvalue weighted by atomic mass is 10.0. The van der Waals surface area contributed by atoms with E-state index in [0.717, 1.165) is 33.9 Å². The second-order valence-corrected chi connectivity index (χ2v) is 7.65. The van der Waals surface area contributed by atoms with Crippen molar-refractivity contribution in [1.29, 1.82) is 0 Å². The fourth-order valence-corrected chi connectivity index (χ4v) is 3.82. The predicted molar refractivity (Wildman–Crippen MR) is 106 cm³/mol. The number of fused-ring (bicyclic) bond motifs is 1. The Morgan fingerprint density at radius 3 is 2.43 bits per heavy atom. The Hall–Kier alpha value is -2.87. The van der Waals surface area contributed by atoms with Crippen molar-refractivity contribution in [1.82, 2.24) is 14.8 Å². The van der Waals surface area contributed by atoms with Crippen LogP contribution in [0.25, 0.3) is 16.9 Å². The largest absolute Gasteiger partial charge is 0.573 e. The van der Waals surface area contributed by atoms with Gasteiger partial charge in [-0.2, -0.15) is 5.10 Å². The van der Waals surface area contributed by atoms with E-state index in [9.17, 15) is 13.2 Å². The van der Waals surface area contributed by atoms with E-state index in [1.54, 1.807) is 23.7 Å². The Bertz CT molecular complexity index is 1090.